The molecule has 1 aliphatic carbocycles. The van der Waals surface area contributed by atoms with Crippen LogP contribution in [0.25, 0.3) is 0 Å². The molecule has 0 bridgehead atoms. The molecule has 1 aliphatic rings. The number of halogens is 2. The molecule has 3 nitrogen and oxygen atoms in total. The highest BCUT2D eigenvalue weighted by molar-refractivity contribution is 5.79. The van der Waals surface area contributed by atoms with Gasteiger partial charge in [0.1, 0.15) is 0 Å². The average Bonchev–Trinajstić information content (AvgIpc) is 2.08. The lowest BCUT2D eigenvalue weighted by molar-refractivity contribution is -0.132. The van der Waals surface area contributed by atoms with E-state index in [9.17, 15) is 13.6 Å². The lowest BCUT2D eigenvalue weighted by Crippen LogP contribution is -2.50. The van der Waals surface area contributed by atoms with Gasteiger partial charge in [0.25, 0.3) is 5.91 Å². The van der Waals surface area contributed by atoms with Gasteiger partial charge in [-0.3, -0.25) is 4.79 Å². The summed E-state index contributed by atoms with van der Waals surface area (Å²) in [6, 6.07) is -0.438. The third-order valence-electron chi connectivity index (χ3n) is 2.35. The summed E-state index contributed by atoms with van der Waals surface area (Å²) in [5.41, 5.74) is 5.67. The van der Waals surface area contributed by atoms with Crippen LogP contribution >= 0.6 is 0 Å². The predicted molar refractivity (Wildman–Crippen MR) is 44.4 cm³/mol. The Kier molecular flexibility index (Phi) is 3.59. The fraction of sp³-hybridized carbons (Fsp3) is 0.875. The van der Waals surface area contributed by atoms with Crippen LogP contribution < -0.4 is 11.1 Å². The Labute approximate surface area is 75.7 Å². The number of carbonyl (C=O) groups is 1. The van der Waals surface area contributed by atoms with Crippen molar-refractivity contribution in [2.75, 3.05) is 0 Å². The lowest BCUT2D eigenvalue weighted by Gasteiger charge is -2.29. The standard InChI is InChI=1S/C8H14F2N2O/c9-7(10)8(13)12-6-4-2-1-3-5(6)11/h5-7H,1-4,11H2,(H,12,13). The number of amides is 1. The molecule has 13 heavy (non-hydrogen) atoms. The van der Waals surface area contributed by atoms with Crippen LogP contribution in [0.5, 0.6) is 0 Å². The van der Waals surface area contributed by atoms with E-state index in [-0.39, 0.29) is 12.1 Å². The second kappa shape index (κ2) is 4.50. The lowest BCUT2D eigenvalue weighted by atomic mass is 9.91. The van der Waals surface area contributed by atoms with Gasteiger partial charge in [0, 0.05) is 12.1 Å². The molecule has 3 N–H and O–H groups in total. The normalized spacial score (nSPS) is 28.9. The van der Waals surface area contributed by atoms with Crippen LogP contribution in [0.3, 0.4) is 0 Å². The van der Waals surface area contributed by atoms with E-state index in [1.54, 1.807) is 0 Å². The molecule has 0 aliphatic heterocycles. The van der Waals surface area contributed by atoms with E-state index in [0.717, 1.165) is 19.3 Å². The van der Waals surface area contributed by atoms with Gasteiger partial charge < -0.3 is 11.1 Å². The maximum absolute atomic E-state index is 11.9. The van der Waals surface area contributed by atoms with E-state index in [0.29, 0.717) is 6.42 Å². The highest BCUT2D eigenvalue weighted by atomic mass is 19.3. The van der Waals surface area contributed by atoms with Gasteiger partial charge in [-0.05, 0) is 12.8 Å². The van der Waals surface area contributed by atoms with E-state index < -0.39 is 12.3 Å². The minimum atomic E-state index is -2.94. The van der Waals surface area contributed by atoms with E-state index >= 15 is 0 Å². The molecule has 1 rings (SSSR count). The molecule has 2 unspecified atom stereocenters. The van der Waals surface area contributed by atoms with E-state index in [1.807, 2.05) is 0 Å². The largest absolute Gasteiger partial charge is 0.347 e. The van der Waals surface area contributed by atoms with Gasteiger partial charge in [-0.2, -0.15) is 8.78 Å². The number of hydrogen-bond acceptors (Lipinski definition) is 2. The number of nitrogens with two attached hydrogens (primary N) is 1. The zero-order chi connectivity index (χ0) is 9.84. The molecule has 0 aromatic carbocycles. The Morgan fingerprint density at radius 1 is 1.38 bits per heavy atom. The summed E-state index contributed by atoms with van der Waals surface area (Å²) in [5.74, 6) is -1.21. The fourth-order valence-electron chi connectivity index (χ4n) is 1.58. The average molecular weight is 192 g/mol. The Balaban J connectivity index is 2.38. The summed E-state index contributed by atoms with van der Waals surface area (Å²) >= 11 is 0. The summed E-state index contributed by atoms with van der Waals surface area (Å²) in [6.45, 7) is 0. The SMILES string of the molecule is NC1CCCCC1NC(=O)C(F)F. The topological polar surface area (TPSA) is 55.1 Å². The first-order valence-corrected chi connectivity index (χ1v) is 4.45. The first kappa shape index (κ1) is 10.4. The molecule has 1 saturated carbocycles. The Bertz CT molecular complexity index is 187. The van der Waals surface area contributed by atoms with Gasteiger partial charge in [0.15, 0.2) is 0 Å². The van der Waals surface area contributed by atoms with Crippen LogP contribution in [0.4, 0.5) is 8.78 Å². The molecule has 0 aromatic rings. The summed E-state index contributed by atoms with van der Waals surface area (Å²) in [4.78, 5) is 10.6. The molecule has 0 saturated heterocycles. The van der Waals surface area contributed by atoms with Crippen molar-refractivity contribution in [3.63, 3.8) is 0 Å². The van der Waals surface area contributed by atoms with Crippen molar-refractivity contribution in [2.24, 2.45) is 5.73 Å². The van der Waals surface area contributed by atoms with Gasteiger partial charge in [-0.1, -0.05) is 12.8 Å². The van der Waals surface area contributed by atoms with E-state index in [4.69, 9.17) is 5.73 Å². The third-order valence-corrected chi connectivity index (χ3v) is 2.35. The first-order chi connectivity index (χ1) is 6.11. The molecule has 1 amide bonds. The molecule has 0 spiro atoms. The van der Waals surface area contributed by atoms with Crippen LogP contribution in [0.2, 0.25) is 0 Å². The van der Waals surface area contributed by atoms with Gasteiger partial charge in [0.05, 0.1) is 0 Å². The molecule has 0 aromatic heterocycles. The fourth-order valence-corrected chi connectivity index (χ4v) is 1.58. The quantitative estimate of drug-likeness (QED) is 0.674. The van der Waals surface area contributed by atoms with Gasteiger partial charge in [-0.15, -0.1) is 0 Å². The number of hydrogen-bond donors (Lipinski definition) is 2. The minimum absolute atomic E-state index is 0.170. The zero-order valence-electron chi connectivity index (χ0n) is 7.30. The monoisotopic (exact) mass is 192 g/mol. The second-order valence-corrected chi connectivity index (χ2v) is 3.36. The van der Waals surface area contributed by atoms with Gasteiger partial charge in [-0.25, -0.2) is 0 Å². The minimum Gasteiger partial charge on any atom is -0.347 e. The molecule has 1 fully saturated rings. The number of carbonyl (C=O) groups excluding carboxylic acids is 1. The van der Waals surface area contributed by atoms with E-state index in [1.165, 1.54) is 0 Å². The van der Waals surface area contributed by atoms with Crippen LogP contribution in [0.15, 0.2) is 0 Å². The van der Waals surface area contributed by atoms with Crippen molar-refractivity contribution >= 4 is 5.91 Å². The Morgan fingerprint density at radius 3 is 2.54 bits per heavy atom. The number of nitrogens with one attached hydrogen (secondary N) is 1. The smallest absolute Gasteiger partial charge is 0.315 e. The summed E-state index contributed by atoms with van der Waals surface area (Å²) < 4.78 is 23.7. The number of alkyl halides is 2. The van der Waals surface area contributed by atoms with Crippen molar-refractivity contribution in [3.05, 3.63) is 0 Å². The Morgan fingerprint density at radius 2 is 2.00 bits per heavy atom. The van der Waals surface area contributed by atoms with Crippen molar-refractivity contribution in [3.8, 4) is 0 Å². The van der Waals surface area contributed by atoms with Gasteiger partial charge >= 0.3 is 6.43 Å². The van der Waals surface area contributed by atoms with Crippen molar-refractivity contribution in [1.29, 1.82) is 0 Å². The van der Waals surface area contributed by atoms with Crippen molar-refractivity contribution < 1.29 is 13.6 Å². The van der Waals surface area contributed by atoms with E-state index in [2.05, 4.69) is 5.32 Å². The zero-order valence-corrected chi connectivity index (χ0v) is 7.30. The maximum atomic E-state index is 11.9. The van der Waals surface area contributed by atoms with Gasteiger partial charge in [0.2, 0.25) is 0 Å². The molecular weight excluding hydrogens is 178 g/mol. The number of rotatable bonds is 2. The predicted octanol–water partition coefficient (Wildman–Crippen LogP) is 0.638. The molecule has 2 atom stereocenters. The summed E-state index contributed by atoms with van der Waals surface area (Å²) in [7, 11) is 0. The Hall–Kier alpha value is -0.710. The highest BCUT2D eigenvalue weighted by Gasteiger charge is 2.26. The van der Waals surface area contributed by atoms with Crippen LogP contribution in [0, 0.1) is 0 Å². The third kappa shape index (κ3) is 2.91. The maximum Gasteiger partial charge on any atom is 0.315 e. The molecule has 0 radical (unpaired) electrons. The molecular formula is C8H14F2N2O. The molecule has 76 valence electrons. The van der Waals surface area contributed by atoms with Crippen molar-refractivity contribution in [1.82, 2.24) is 5.32 Å². The van der Waals surface area contributed by atoms with Crippen LogP contribution in [-0.4, -0.2) is 24.4 Å². The molecule has 0 heterocycles. The van der Waals surface area contributed by atoms with Crippen molar-refractivity contribution in [2.45, 2.75) is 44.2 Å². The summed E-state index contributed by atoms with van der Waals surface area (Å²) in [5, 5.41) is 2.25. The molecule has 5 heteroatoms. The first-order valence-electron chi connectivity index (χ1n) is 4.45. The van der Waals surface area contributed by atoms with Crippen LogP contribution in [0.1, 0.15) is 25.7 Å². The highest BCUT2D eigenvalue weighted by Crippen LogP contribution is 2.17. The van der Waals surface area contributed by atoms with Crippen LogP contribution in [-0.2, 0) is 4.79 Å². The summed E-state index contributed by atoms with van der Waals surface area (Å²) in [6.07, 6.45) is 0.534. The second-order valence-electron chi connectivity index (χ2n) is 3.36.